The number of aryl methyl sites for hydroxylation is 1. The number of nitrogens with zero attached hydrogens (tertiary/aromatic N) is 2. The van der Waals surface area contributed by atoms with Gasteiger partial charge >= 0.3 is 0 Å². The van der Waals surface area contributed by atoms with Gasteiger partial charge in [0.05, 0.1) is 23.2 Å². The van der Waals surface area contributed by atoms with Crippen LogP contribution in [0, 0.1) is 11.3 Å². The van der Waals surface area contributed by atoms with Crippen LogP contribution in [-0.4, -0.2) is 22.9 Å². The maximum absolute atomic E-state index is 11.5. The van der Waals surface area contributed by atoms with E-state index < -0.39 is 0 Å². The lowest BCUT2D eigenvalue weighted by atomic mass is 9.99. The summed E-state index contributed by atoms with van der Waals surface area (Å²) in [4.78, 5) is 22.6. The Hall–Kier alpha value is -2.81. The van der Waals surface area contributed by atoms with E-state index in [1.807, 2.05) is 19.1 Å². The molecule has 0 bridgehead atoms. The fourth-order valence-electron chi connectivity index (χ4n) is 3.14. The molecule has 2 rings (SSSR count). The van der Waals surface area contributed by atoms with Crippen molar-refractivity contribution >= 4 is 22.7 Å². The van der Waals surface area contributed by atoms with E-state index in [9.17, 15) is 14.9 Å². The first-order valence-electron chi connectivity index (χ1n) is 8.44. The quantitative estimate of drug-likeness (QED) is 0.846. The first kappa shape index (κ1) is 18.5. The molecule has 0 aliphatic heterocycles. The Kier molecular flexibility index (Phi) is 5.81. The molecule has 132 valence electrons. The molecule has 0 fully saturated rings. The third-order valence-electron chi connectivity index (χ3n) is 4.21. The second-order valence-corrected chi connectivity index (χ2v) is 6.17. The minimum atomic E-state index is -0.198. The zero-order valence-corrected chi connectivity index (χ0v) is 15.1. The average molecular weight is 340 g/mol. The highest BCUT2D eigenvalue weighted by molar-refractivity contribution is 5.89. The number of aromatic nitrogens is 1. The van der Waals surface area contributed by atoms with Gasteiger partial charge in [0.15, 0.2) is 0 Å². The summed E-state index contributed by atoms with van der Waals surface area (Å²) in [5, 5.41) is 16.1. The Labute approximate surface area is 147 Å². The van der Waals surface area contributed by atoms with E-state index in [1.54, 1.807) is 0 Å². The summed E-state index contributed by atoms with van der Waals surface area (Å²) in [5.41, 5.74) is 3.60. The summed E-state index contributed by atoms with van der Waals surface area (Å²) in [6, 6.07) is 5.73. The number of nitriles is 1. The smallest absolute Gasteiger partial charge is 0.217 e. The Bertz CT molecular complexity index is 845. The summed E-state index contributed by atoms with van der Waals surface area (Å²) >= 11 is 0. The fourth-order valence-corrected chi connectivity index (χ4v) is 3.14. The van der Waals surface area contributed by atoms with E-state index in [2.05, 4.69) is 34.4 Å². The number of benzene rings is 1. The van der Waals surface area contributed by atoms with Crippen LogP contribution in [0.5, 0.6) is 0 Å². The van der Waals surface area contributed by atoms with Crippen LogP contribution in [0.25, 0.3) is 10.9 Å². The third-order valence-corrected chi connectivity index (χ3v) is 4.21. The van der Waals surface area contributed by atoms with Gasteiger partial charge < -0.3 is 15.2 Å². The van der Waals surface area contributed by atoms with E-state index in [4.69, 9.17) is 0 Å². The van der Waals surface area contributed by atoms with Crippen molar-refractivity contribution in [2.45, 2.75) is 46.7 Å². The van der Waals surface area contributed by atoms with Gasteiger partial charge in [-0.05, 0) is 43.5 Å². The maximum Gasteiger partial charge on any atom is 0.217 e. The molecule has 1 atom stereocenters. The minimum absolute atomic E-state index is 0.0584. The predicted molar refractivity (Wildman–Crippen MR) is 96.9 cm³/mol. The van der Waals surface area contributed by atoms with E-state index in [0.717, 1.165) is 28.6 Å². The SMILES string of the molecule is CCn1cc(CCNC(C)=O)c2cc(C#N)cc(C(C)NC(C)=O)c21. The molecule has 2 N–H and O–H groups in total. The van der Waals surface area contributed by atoms with Crippen LogP contribution < -0.4 is 10.6 Å². The predicted octanol–water partition coefficient (Wildman–Crippen LogP) is 2.41. The number of fused-ring (bicyclic) bond motifs is 1. The molecular formula is C19H24N4O2. The number of amides is 2. The normalized spacial score (nSPS) is 11.8. The Morgan fingerprint density at radius 2 is 2.00 bits per heavy atom. The second kappa shape index (κ2) is 7.84. The van der Waals surface area contributed by atoms with Crippen LogP contribution in [-0.2, 0) is 22.6 Å². The summed E-state index contributed by atoms with van der Waals surface area (Å²) in [7, 11) is 0. The monoisotopic (exact) mass is 340 g/mol. The molecule has 0 aliphatic rings. The zero-order chi connectivity index (χ0) is 18.6. The van der Waals surface area contributed by atoms with Gasteiger partial charge in [0.1, 0.15) is 0 Å². The van der Waals surface area contributed by atoms with Crippen molar-refractivity contribution in [3.05, 3.63) is 35.0 Å². The molecule has 2 aromatic rings. The van der Waals surface area contributed by atoms with Gasteiger partial charge in [0.2, 0.25) is 11.8 Å². The number of hydrogen-bond donors (Lipinski definition) is 2. The van der Waals surface area contributed by atoms with Crippen LogP contribution in [0.4, 0.5) is 0 Å². The van der Waals surface area contributed by atoms with Gasteiger partial charge in [0.25, 0.3) is 0 Å². The molecule has 1 aromatic heterocycles. The van der Waals surface area contributed by atoms with E-state index in [-0.39, 0.29) is 17.9 Å². The van der Waals surface area contributed by atoms with Gasteiger partial charge in [-0.1, -0.05) is 0 Å². The van der Waals surface area contributed by atoms with E-state index >= 15 is 0 Å². The number of hydrogen-bond acceptors (Lipinski definition) is 3. The van der Waals surface area contributed by atoms with Crippen LogP contribution in [0.2, 0.25) is 0 Å². The van der Waals surface area contributed by atoms with Gasteiger partial charge in [-0.15, -0.1) is 0 Å². The largest absolute Gasteiger partial charge is 0.356 e. The van der Waals surface area contributed by atoms with Gasteiger partial charge in [-0.25, -0.2) is 0 Å². The topological polar surface area (TPSA) is 86.9 Å². The summed E-state index contributed by atoms with van der Waals surface area (Å²) in [5.74, 6) is -0.166. The number of carbonyl (C=O) groups is 2. The van der Waals surface area contributed by atoms with Crippen molar-refractivity contribution in [2.75, 3.05) is 6.54 Å². The summed E-state index contributed by atoms with van der Waals surface area (Å²) < 4.78 is 2.13. The third kappa shape index (κ3) is 4.18. The number of nitrogens with one attached hydrogen (secondary N) is 2. The number of rotatable bonds is 6. The molecule has 6 heteroatoms. The van der Waals surface area contributed by atoms with Gasteiger partial charge in [-0.2, -0.15) is 5.26 Å². The Morgan fingerprint density at radius 3 is 2.56 bits per heavy atom. The highest BCUT2D eigenvalue weighted by Crippen LogP contribution is 2.30. The van der Waals surface area contributed by atoms with Crippen LogP contribution >= 0.6 is 0 Å². The van der Waals surface area contributed by atoms with Crippen molar-refractivity contribution in [3.8, 4) is 6.07 Å². The van der Waals surface area contributed by atoms with Crippen LogP contribution in [0.15, 0.2) is 18.3 Å². The zero-order valence-electron chi connectivity index (χ0n) is 15.1. The van der Waals surface area contributed by atoms with Crippen molar-refractivity contribution in [1.29, 1.82) is 5.26 Å². The Balaban J connectivity index is 2.57. The van der Waals surface area contributed by atoms with Crippen LogP contribution in [0.3, 0.4) is 0 Å². The summed E-state index contributed by atoms with van der Waals surface area (Å²) in [6.07, 6.45) is 2.75. The van der Waals surface area contributed by atoms with Gasteiger partial charge in [-0.3, -0.25) is 9.59 Å². The van der Waals surface area contributed by atoms with Crippen molar-refractivity contribution in [2.24, 2.45) is 0 Å². The lowest BCUT2D eigenvalue weighted by Crippen LogP contribution is -2.24. The van der Waals surface area contributed by atoms with Crippen molar-refractivity contribution in [1.82, 2.24) is 15.2 Å². The fraction of sp³-hybridized carbons (Fsp3) is 0.421. The lowest BCUT2D eigenvalue weighted by molar-refractivity contribution is -0.120. The molecule has 1 heterocycles. The standard InChI is InChI=1S/C19H24N4O2/c1-5-23-11-16(6-7-21-13(3)24)18-9-15(10-20)8-17(19(18)23)12(2)22-14(4)25/h8-9,11-12H,5-7H2,1-4H3,(H,21,24)(H,22,25). The van der Waals surface area contributed by atoms with E-state index in [1.165, 1.54) is 13.8 Å². The average Bonchev–Trinajstić information content (AvgIpc) is 2.91. The molecule has 0 saturated heterocycles. The maximum atomic E-state index is 11.5. The molecule has 0 radical (unpaired) electrons. The molecule has 0 spiro atoms. The highest BCUT2D eigenvalue weighted by Gasteiger charge is 2.18. The minimum Gasteiger partial charge on any atom is -0.356 e. The van der Waals surface area contributed by atoms with Crippen LogP contribution in [0.1, 0.15) is 50.4 Å². The molecular weight excluding hydrogens is 316 g/mol. The molecule has 1 aromatic carbocycles. The van der Waals surface area contributed by atoms with Crippen molar-refractivity contribution in [3.63, 3.8) is 0 Å². The second-order valence-electron chi connectivity index (χ2n) is 6.17. The highest BCUT2D eigenvalue weighted by atomic mass is 16.2. The van der Waals surface area contributed by atoms with E-state index in [0.29, 0.717) is 18.5 Å². The summed E-state index contributed by atoms with van der Waals surface area (Å²) in [6.45, 7) is 8.28. The molecule has 0 saturated carbocycles. The van der Waals surface area contributed by atoms with Crippen molar-refractivity contribution < 1.29 is 9.59 Å². The molecule has 1 unspecified atom stereocenters. The van der Waals surface area contributed by atoms with Gasteiger partial charge in [0, 0.05) is 38.5 Å². The molecule has 6 nitrogen and oxygen atoms in total. The molecule has 25 heavy (non-hydrogen) atoms. The first-order valence-corrected chi connectivity index (χ1v) is 8.44. The lowest BCUT2D eigenvalue weighted by Gasteiger charge is -2.16. The first-order chi connectivity index (χ1) is 11.9. The molecule has 0 aliphatic carbocycles. The Morgan fingerprint density at radius 1 is 1.28 bits per heavy atom. The number of carbonyl (C=O) groups excluding carboxylic acids is 2. The molecule has 2 amide bonds.